The van der Waals surface area contributed by atoms with E-state index in [4.69, 9.17) is 10.5 Å². The van der Waals surface area contributed by atoms with Crippen LogP contribution in [0.15, 0.2) is 12.3 Å². The Morgan fingerprint density at radius 2 is 2.23 bits per heavy atom. The van der Waals surface area contributed by atoms with Gasteiger partial charge in [0.25, 0.3) is 0 Å². The van der Waals surface area contributed by atoms with Crippen LogP contribution in [0.4, 0.5) is 11.4 Å². The number of nitrogens with two attached hydrogens (primary N) is 1. The van der Waals surface area contributed by atoms with Crippen molar-refractivity contribution in [3.63, 3.8) is 0 Å². The van der Waals surface area contributed by atoms with E-state index in [0.29, 0.717) is 18.2 Å². The third kappa shape index (κ3) is 2.54. The molecule has 0 aliphatic carbocycles. The molecule has 0 amide bonds. The van der Waals surface area contributed by atoms with E-state index in [1.807, 2.05) is 6.07 Å². The van der Waals surface area contributed by atoms with Gasteiger partial charge >= 0.3 is 0 Å². The van der Waals surface area contributed by atoms with Gasteiger partial charge in [-0.15, -0.1) is 24.8 Å². The number of hydrogen-bond donors (Lipinski definition) is 2. The molecular formula is C7H11Cl2N3O. The normalized spacial score (nSPS) is 12.3. The number of halogens is 2. The van der Waals surface area contributed by atoms with Crippen molar-refractivity contribution in [3.05, 3.63) is 12.3 Å². The van der Waals surface area contributed by atoms with Crippen LogP contribution in [0.3, 0.4) is 0 Å². The molecule has 0 saturated carbocycles. The zero-order valence-corrected chi connectivity index (χ0v) is 8.45. The third-order valence-corrected chi connectivity index (χ3v) is 1.53. The third-order valence-electron chi connectivity index (χ3n) is 1.53. The molecule has 0 bridgehead atoms. The first kappa shape index (κ1) is 12.1. The predicted octanol–water partition coefficient (Wildman–Crippen LogP) is 1.31. The Morgan fingerprint density at radius 1 is 1.46 bits per heavy atom. The maximum absolute atomic E-state index is 5.52. The van der Waals surface area contributed by atoms with Crippen LogP contribution >= 0.6 is 24.8 Å². The summed E-state index contributed by atoms with van der Waals surface area (Å²) in [5.41, 5.74) is 7.06. The second-order valence-electron chi connectivity index (χ2n) is 2.40. The van der Waals surface area contributed by atoms with Gasteiger partial charge in [-0.05, 0) is 6.07 Å². The van der Waals surface area contributed by atoms with Crippen molar-refractivity contribution in [2.75, 3.05) is 24.2 Å². The SMILES string of the molecule is Cl.Cl.Nc1cnc2c(c1)NCCO2. The van der Waals surface area contributed by atoms with Gasteiger partial charge in [-0.25, -0.2) is 4.98 Å². The van der Waals surface area contributed by atoms with Crippen LogP contribution in [-0.4, -0.2) is 18.1 Å². The molecule has 1 aliphatic heterocycles. The highest BCUT2D eigenvalue weighted by atomic mass is 35.5. The second kappa shape index (κ2) is 4.99. The zero-order chi connectivity index (χ0) is 7.68. The average molecular weight is 224 g/mol. The molecule has 3 N–H and O–H groups in total. The van der Waals surface area contributed by atoms with Gasteiger partial charge < -0.3 is 15.8 Å². The van der Waals surface area contributed by atoms with E-state index in [1.54, 1.807) is 6.20 Å². The topological polar surface area (TPSA) is 60.2 Å². The van der Waals surface area contributed by atoms with Crippen LogP contribution in [0.2, 0.25) is 0 Å². The molecule has 4 nitrogen and oxygen atoms in total. The minimum Gasteiger partial charge on any atom is -0.474 e. The highest BCUT2D eigenvalue weighted by Crippen LogP contribution is 2.25. The molecule has 2 heterocycles. The largest absolute Gasteiger partial charge is 0.474 e. The molecule has 0 fully saturated rings. The highest BCUT2D eigenvalue weighted by molar-refractivity contribution is 5.85. The van der Waals surface area contributed by atoms with Gasteiger partial charge in [0.05, 0.1) is 17.6 Å². The van der Waals surface area contributed by atoms with Crippen LogP contribution in [0.5, 0.6) is 5.88 Å². The van der Waals surface area contributed by atoms with E-state index in [1.165, 1.54) is 0 Å². The van der Waals surface area contributed by atoms with Gasteiger partial charge in [-0.1, -0.05) is 0 Å². The molecule has 1 aromatic rings. The van der Waals surface area contributed by atoms with Gasteiger partial charge in [0.15, 0.2) is 0 Å². The summed E-state index contributed by atoms with van der Waals surface area (Å²) in [6.07, 6.45) is 1.59. The van der Waals surface area contributed by atoms with Crippen molar-refractivity contribution in [1.29, 1.82) is 0 Å². The van der Waals surface area contributed by atoms with E-state index in [2.05, 4.69) is 10.3 Å². The lowest BCUT2D eigenvalue weighted by atomic mass is 10.3. The number of hydrogen-bond acceptors (Lipinski definition) is 4. The Bertz CT molecular complexity index is 282. The van der Waals surface area contributed by atoms with Gasteiger partial charge in [0.2, 0.25) is 5.88 Å². The molecule has 0 saturated heterocycles. The van der Waals surface area contributed by atoms with E-state index in [-0.39, 0.29) is 24.8 Å². The van der Waals surface area contributed by atoms with Crippen LogP contribution in [-0.2, 0) is 0 Å². The second-order valence-corrected chi connectivity index (χ2v) is 2.40. The van der Waals surface area contributed by atoms with E-state index < -0.39 is 0 Å². The Hall–Kier alpha value is -0.870. The van der Waals surface area contributed by atoms with Crippen molar-refractivity contribution >= 4 is 36.2 Å². The Kier molecular flexibility index (Phi) is 4.66. The average Bonchev–Trinajstić information content (AvgIpc) is 2.04. The molecular weight excluding hydrogens is 213 g/mol. The molecule has 0 unspecified atom stereocenters. The number of nitrogen functional groups attached to an aromatic ring is 1. The first-order valence-corrected chi connectivity index (χ1v) is 3.48. The fourth-order valence-corrected chi connectivity index (χ4v) is 1.04. The van der Waals surface area contributed by atoms with Crippen LogP contribution in [0, 0.1) is 0 Å². The van der Waals surface area contributed by atoms with Crippen molar-refractivity contribution in [1.82, 2.24) is 4.98 Å². The maximum atomic E-state index is 5.52. The summed E-state index contributed by atoms with van der Waals surface area (Å²) in [5.74, 6) is 0.644. The van der Waals surface area contributed by atoms with E-state index in [0.717, 1.165) is 12.2 Å². The minimum absolute atomic E-state index is 0. The molecule has 1 aromatic heterocycles. The van der Waals surface area contributed by atoms with Crippen molar-refractivity contribution in [3.8, 4) is 5.88 Å². The number of nitrogens with one attached hydrogen (secondary N) is 1. The first-order valence-electron chi connectivity index (χ1n) is 3.48. The van der Waals surface area contributed by atoms with Gasteiger partial charge in [0, 0.05) is 6.54 Å². The highest BCUT2D eigenvalue weighted by Gasteiger charge is 2.09. The summed E-state index contributed by atoms with van der Waals surface area (Å²) in [5, 5.41) is 3.14. The van der Waals surface area contributed by atoms with Crippen LogP contribution in [0.1, 0.15) is 0 Å². The fourth-order valence-electron chi connectivity index (χ4n) is 1.04. The summed E-state index contributed by atoms with van der Waals surface area (Å²) < 4.78 is 5.25. The molecule has 0 spiro atoms. The quantitative estimate of drug-likeness (QED) is 0.697. The predicted molar refractivity (Wildman–Crippen MR) is 57.1 cm³/mol. The van der Waals surface area contributed by atoms with E-state index >= 15 is 0 Å². The minimum atomic E-state index is 0. The van der Waals surface area contributed by atoms with Crippen LogP contribution in [0.25, 0.3) is 0 Å². The molecule has 6 heteroatoms. The molecule has 74 valence electrons. The number of ether oxygens (including phenoxy) is 1. The van der Waals surface area contributed by atoms with Crippen molar-refractivity contribution in [2.24, 2.45) is 0 Å². The molecule has 0 aromatic carbocycles. The lowest BCUT2D eigenvalue weighted by molar-refractivity contribution is 0.310. The first-order chi connectivity index (χ1) is 5.36. The van der Waals surface area contributed by atoms with Gasteiger partial charge in [-0.2, -0.15) is 0 Å². The molecule has 1 aliphatic rings. The molecule has 2 rings (SSSR count). The van der Waals surface area contributed by atoms with Crippen molar-refractivity contribution in [2.45, 2.75) is 0 Å². The number of pyridine rings is 1. The molecule has 13 heavy (non-hydrogen) atoms. The molecule has 0 atom stereocenters. The zero-order valence-electron chi connectivity index (χ0n) is 6.82. The molecule has 0 radical (unpaired) electrons. The fraction of sp³-hybridized carbons (Fsp3) is 0.286. The van der Waals surface area contributed by atoms with Gasteiger partial charge in [0.1, 0.15) is 6.61 Å². The summed E-state index contributed by atoms with van der Waals surface area (Å²) in [7, 11) is 0. The monoisotopic (exact) mass is 223 g/mol. The lowest BCUT2D eigenvalue weighted by Gasteiger charge is -2.17. The lowest BCUT2D eigenvalue weighted by Crippen LogP contribution is -2.18. The number of rotatable bonds is 0. The van der Waals surface area contributed by atoms with E-state index in [9.17, 15) is 0 Å². The summed E-state index contributed by atoms with van der Waals surface area (Å²) in [4.78, 5) is 4.01. The summed E-state index contributed by atoms with van der Waals surface area (Å²) in [6.45, 7) is 1.49. The van der Waals surface area contributed by atoms with Crippen molar-refractivity contribution < 1.29 is 4.74 Å². The number of anilines is 2. The standard InChI is InChI=1S/C7H9N3O.2ClH/c8-5-3-6-7(10-4-5)11-2-1-9-6;;/h3-4,9H,1-2,8H2;2*1H. The Morgan fingerprint density at radius 3 is 3.00 bits per heavy atom. The number of aromatic nitrogens is 1. The smallest absolute Gasteiger partial charge is 0.237 e. The number of fused-ring (bicyclic) bond motifs is 1. The summed E-state index contributed by atoms with van der Waals surface area (Å²) in [6, 6.07) is 1.82. The number of nitrogens with zero attached hydrogens (tertiary/aromatic N) is 1. The van der Waals surface area contributed by atoms with Crippen LogP contribution < -0.4 is 15.8 Å². The van der Waals surface area contributed by atoms with Gasteiger partial charge in [-0.3, -0.25) is 0 Å². The maximum Gasteiger partial charge on any atom is 0.237 e. The summed E-state index contributed by atoms with van der Waals surface area (Å²) >= 11 is 0. The Balaban J connectivity index is 0.000000720. The Labute approximate surface area is 88.7 Å².